The molecule has 1 aliphatic heterocycles. The molecule has 2 amide bonds. The number of hydrogen-bond acceptors (Lipinski definition) is 4. The Balaban J connectivity index is 1.78. The van der Waals surface area contributed by atoms with Gasteiger partial charge in [-0.05, 0) is 43.2 Å². The molecule has 3 aromatic rings. The van der Waals surface area contributed by atoms with Gasteiger partial charge in [0.15, 0.2) is 5.65 Å². The topological polar surface area (TPSA) is 93.6 Å². The van der Waals surface area contributed by atoms with Gasteiger partial charge in [-0.2, -0.15) is 5.10 Å². The van der Waals surface area contributed by atoms with Crippen molar-refractivity contribution in [2.24, 2.45) is 11.7 Å². The number of piperidine rings is 1. The van der Waals surface area contributed by atoms with Gasteiger partial charge in [0.1, 0.15) is 11.5 Å². The van der Waals surface area contributed by atoms with Crippen LogP contribution >= 0.6 is 0 Å². The summed E-state index contributed by atoms with van der Waals surface area (Å²) in [5.74, 6) is -1.03. The molecule has 3 heterocycles. The second-order valence-corrected chi connectivity index (χ2v) is 9.05. The number of aromatic nitrogens is 3. The van der Waals surface area contributed by atoms with Crippen molar-refractivity contribution in [3.05, 3.63) is 53.6 Å². The highest BCUT2D eigenvalue weighted by atomic mass is 19.1. The summed E-state index contributed by atoms with van der Waals surface area (Å²) in [6, 6.07) is 9.59. The van der Waals surface area contributed by atoms with Crippen LogP contribution in [0.4, 0.5) is 4.39 Å². The molecule has 4 rings (SSSR count). The first-order chi connectivity index (χ1) is 14.6. The summed E-state index contributed by atoms with van der Waals surface area (Å²) in [6.45, 7) is 7.05. The lowest BCUT2D eigenvalue weighted by atomic mass is 9.93. The van der Waals surface area contributed by atoms with E-state index in [1.165, 1.54) is 12.1 Å². The molecule has 0 atom stereocenters. The van der Waals surface area contributed by atoms with Crippen molar-refractivity contribution < 1.29 is 14.0 Å². The van der Waals surface area contributed by atoms with Gasteiger partial charge in [0.25, 0.3) is 5.91 Å². The van der Waals surface area contributed by atoms with Crippen molar-refractivity contribution in [3.63, 3.8) is 0 Å². The van der Waals surface area contributed by atoms with Crippen molar-refractivity contribution in [3.8, 4) is 11.3 Å². The van der Waals surface area contributed by atoms with E-state index in [1.54, 1.807) is 27.6 Å². The van der Waals surface area contributed by atoms with Gasteiger partial charge >= 0.3 is 0 Å². The molecule has 1 fully saturated rings. The largest absolute Gasteiger partial charge is 0.369 e. The zero-order valence-electron chi connectivity index (χ0n) is 17.9. The third kappa shape index (κ3) is 4.15. The first kappa shape index (κ1) is 21.0. The van der Waals surface area contributed by atoms with Gasteiger partial charge in [-0.15, -0.1) is 0 Å². The number of benzene rings is 1. The summed E-state index contributed by atoms with van der Waals surface area (Å²) in [7, 11) is 0. The number of likely N-dealkylation sites (tertiary alicyclic amines) is 1. The van der Waals surface area contributed by atoms with Gasteiger partial charge in [-0.3, -0.25) is 9.59 Å². The molecule has 1 saturated heterocycles. The molecule has 0 bridgehead atoms. The molecule has 31 heavy (non-hydrogen) atoms. The molecule has 7 nitrogen and oxygen atoms in total. The van der Waals surface area contributed by atoms with Crippen LogP contribution in [0.1, 0.15) is 49.8 Å². The fourth-order valence-electron chi connectivity index (χ4n) is 3.79. The number of amides is 2. The van der Waals surface area contributed by atoms with Crippen molar-refractivity contribution in [1.29, 1.82) is 0 Å². The first-order valence-corrected chi connectivity index (χ1v) is 10.4. The quantitative estimate of drug-likeness (QED) is 0.700. The monoisotopic (exact) mass is 423 g/mol. The van der Waals surface area contributed by atoms with E-state index in [1.807, 2.05) is 26.8 Å². The van der Waals surface area contributed by atoms with E-state index >= 15 is 0 Å². The lowest BCUT2D eigenvalue weighted by Crippen LogP contribution is -2.42. The number of nitrogens with zero attached hydrogens (tertiary/aromatic N) is 4. The Morgan fingerprint density at radius 2 is 1.74 bits per heavy atom. The normalized spacial score (nSPS) is 15.4. The predicted octanol–water partition coefficient (Wildman–Crippen LogP) is 3.17. The molecular weight excluding hydrogens is 397 g/mol. The van der Waals surface area contributed by atoms with Crippen LogP contribution in [-0.4, -0.2) is 44.4 Å². The van der Waals surface area contributed by atoms with Crippen LogP contribution in [-0.2, 0) is 10.2 Å². The highest BCUT2D eigenvalue weighted by Crippen LogP contribution is 2.27. The minimum Gasteiger partial charge on any atom is -0.369 e. The summed E-state index contributed by atoms with van der Waals surface area (Å²) in [4.78, 5) is 31.3. The van der Waals surface area contributed by atoms with Crippen LogP contribution in [0.3, 0.4) is 0 Å². The Morgan fingerprint density at radius 1 is 1.10 bits per heavy atom. The van der Waals surface area contributed by atoms with Crippen LogP contribution in [0, 0.1) is 11.7 Å². The summed E-state index contributed by atoms with van der Waals surface area (Å²) in [6.07, 6.45) is 1.10. The van der Waals surface area contributed by atoms with Crippen molar-refractivity contribution >= 4 is 17.5 Å². The van der Waals surface area contributed by atoms with E-state index in [9.17, 15) is 14.0 Å². The second-order valence-electron chi connectivity index (χ2n) is 9.05. The number of fused-ring (bicyclic) bond motifs is 1. The maximum Gasteiger partial charge on any atom is 0.272 e. The van der Waals surface area contributed by atoms with Crippen LogP contribution in [0.5, 0.6) is 0 Å². The smallest absolute Gasteiger partial charge is 0.272 e. The minimum atomic E-state index is -0.335. The molecule has 0 unspecified atom stereocenters. The molecule has 0 saturated carbocycles. The molecule has 0 radical (unpaired) electrons. The van der Waals surface area contributed by atoms with Gasteiger partial charge < -0.3 is 10.6 Å². The Hall–Kier alpha value is -3.29. The Bertz CT molecular complexity index is 1140. The van der Waals surface area contributed by atoms with E-state index in [0.717, 1.165) is 5.69 Å². The SMILES string of the molecule is CC(C)(C)c1cc2nc(-c3ccc(F)cc3)cc(C(=O)N3CCC(C(N)=O)CC3)n2n1. The zero-order chi connectivity index (χ0) is 22.3. The molecule has 2 aromatic heterocycles. The lowest BCUT2D eigenvalue weighted by Gasteiger charge is -2.30. The molecule has 1 aliphatic rings. The maximum absolute atomic E-state index is 13.4. The number of halogens is 1. The molecular formula is C23H26FN5O2. The van der Waals surface area contributed by atoms with Gasteiger partial charge in [0, 0.05) is 36.1 Å². The molecule has 0 spiro atoms. The van der Waals surface area contributed by atoms with E-state index in [4.69, 9.17) is 5.73 Å². The first-order valence-electron chi connectivity index (χ1n) is 10.4. The van der Waals surface area contributed by atoms with Crippen LogP contribution in [0.25, 0.3) is 16.9 Å². The summed E-state index contributed by atoms with van der Waals surface area (Å²) >= 11 is 0. The fourth-order valence-corrected chi connectivity index (χ4v) is 3.79. The minimum absolute atomic E-state index is 0.178. The maximum atomic E-state index is 13.4. The highest BCUT2D eigenvalue weighted by molar-refractivity contribution is 5.94. The third-order valence-corrected chi connectivity index (χ3v) is 5.74. The van der Waals surface area contributed by atoms with E-state index in [-0.39, 0.29) is 29.0 Å². The number of rotatable bonds is 3. The van der Waals surface area contributed by atoms with Crippen LogP contribution < -0.4 is 5.73 Å². The van der Waals surface area contributed by atoms with Crippen molar-refractivity contribution in [2.45, 2.75) is 39.0 Å². The summed E-state index contributed by atoms with van der Waals surface area (Å²) in [5.41, 5.74) is 8.25. The molecule has 162 valence electrons. The molecule has 1 aromatic carbocycles. The average molecular weight is 423 g/mol. The van der Waals surface area contributed by atoms with E-state index in [2.05, 4.69) is 10.1 Å². The summed E-state index contributed by atoms with van der Waals surface area (Å²) < 4.78 is 15.0. The van der Waals surface area contributed by atoms with Crippen molar-refractivity contribution in [1.82, 2.24) is 19.5 Å². The average Bonchev–Trinajstić information content (AvgIpc) is 3.18. The number of carbonyl (C=O) groups is 2. The third-order valence-electron chi connectivity index (χ3n) is 5.74. The van der Waals surface area contributed by atoms with Gasteiger partial charge in [0.2, 0.25) is 5.91 Å². The number of primary amides is 1. The lowest BCUT2D eigenvalue weighted by molar-refractivity contribution is -0.123. The Labute approximate surface area is 180 Å². The second kappa shape index (κ2) is 7.76. The number of hydrogen-bond donors (Lipinski definition) is 1. The van der Waals surface area contributed by atoms with Gasteiger partial charge in [0.05, 0.1) is 11.4 Å². The number of carbonyl (C=O) groups excluding carboxylic acids is 2. The van der Waals surface area contributed by atoms with Gasteiger partial charge in [-0.25, -0.2) is 13.9 Å². The van der Waals surface area contributed by atoms with E-state index < -0.39 is 0 Å². The Kier molecular flexibility index (Phi) is 5.24. The predicted molar refractivity (Wildman–Crippen MR) is 115 cm³/mol. The highest BCUT2D eigenvalue weighted by Gasteiger charge is 2.29. The number of nitrogens with two attached hydrogens (primary N) is 1. The van der Waals surface area contributed by atoms with Crippen molar-refractivity contribution in [2.75, 3.05) is 13.1 Å². The van der Waals surface area contributed by atoms with Crippen LogP contribution in [0.2, 0.25) is 0 Å². The molecule has 8 heteroatoms. The van der Waals surface area contributed by atoms with E-state index in [0.29, 0.717) is 48.5 Å². The summed E-state index contributed by atoms with van der Waals surface area (Å²) in [5, 5.41) is 4.66. The standard InChI is InChI=1S/C23H26FN5O2/c1-23(2,3)19-13-20-26-17(14-4-6-16(24)7-5-14)12-18(29(20)27-19)22(31)28-10-8-15(9-11-28)21(25)30/h4-7,12-13,15H,8-11H2,1-3H3,(H2,25,30). The zero-order valence-corrected chi connectivity index (χ0v) is 17.9. The van der Waals surface area contributed by atoms with Gasteiger partial charge in [-0.1, -0.05) is 20.8 Å². The van der Waals surface area contributed by atoms with Crippen LogP contribution in [0.15, 0.2) is 36.4 Å². The fraction of sp³-hybridized carbons (Fsp3) is 0.391. The molecule has 2 N–H and O–H groups in total. The Morgan fingerprint density at radius 3 is 2.32 bits per heavy atom. The molecule has 0 aliphatic carbocycles.